The maximum atomic E-state index is 11.8. The lowest BCUT2D eigenvalue weighted by molar-refractivity contribution is -0.128. The predicted octanol–water partition coefficient (Wildman–Crippen LogP) is 0.661. The molecule has 0 spiro atoms. The fourth-order valence-corrected chi connectivity index (χ4v) is 2.14. The highest BCUT2D eigenvalue weighted by molar-refractivity contribution is 5.78. The Labute approximate surface area is 114 Å². The molecule has 2 N–H and O–H groups in total. The molecule has 0 bridgehead atoms. The highest BCUT2D eigenvalue weighted by Crippen LogP contribution is 2.18. The van der Waals surface area contributed by atoms with Crippen molar-refractivity contribution in [2.75, 3.05) is 33.2 Å². The Morgan fingerprint density at radius 2 is 2.05 bits per heavy atom. The van der Waals surface area contributed by atoms with Crippen LogP contribution in [0, 0.1) is 5.92 Å². The number of carbonyl (C=O) groups is 2. The summed E-state index contributed by atoms with van der Waals surface area (Å²) in [6.07, 6.45) is 0.579. The van der Waals surface area contributed by atoms with Crippen molar-refractivity contribution >= 4 is 12.0 Å². The lowest BCUT2D eigenvalue weighted by Crippen LogP contribution is -2.38. The molecule has 0 aromatic rings. The van der Waals surface area contributed by atoms with E-state index in [0.29, 0.717) is 19.0 Å². The maximum Gasteiger partial charge on any atom is 0.410 e. The standard InChI is InChI=1S/C13H25N3O3/c1-13(2,3)19-12(18)15(4)8-10-5-6-16(9-10)11(17)7-14/h10H,5-9,14H2,1-4H3/t10-/m0/s1. The van der Waals surface area contributed by atoms with E-state index in [4.69, 9.17) is 10.5 Å². The predicted molar refractivity (Wildman–Crippen MR) is 72.6 cm³/mol. The molecule has 1 aliphatic heterocycles. The first-order valence-corrected chi connectivity index (χ1v) is 6.65. The molecule has 0 saturated carbocycles. The highest BCUT2D eigenvalue weighted by Gasteiger charge is 2.28. The summed E-state index contributed by atoms with van der Waals surface area (Å²) in [7, 11) is 1.72. The summed E-state index contributed by atoms with van der Waals surface area (Å²) < 4.78 is 5.29. The summed E-state index contributed by atoms with van der Waals surface area (Å²) in [5, 5.41) is 0. The summed E-state index contributed by atoms with van der Waals surface area (Å²) in [5.74, 6) is 0.274. The Balaban J connectivity index is 2.40. The van der Waals surface area contributed by atoms with Gasteiger partial charge < -0.3 is 20.3 Å². The van der Waals surface area contributed by atoms with Gasteiger partial charge in [0.15, 0.2) is 0 Å². The summed E-state index contributed by atoms with van der Waals surface area (Å²) in [6.45, 7) is 7.58. The quantitative estimate of drug-likeness (QED) is 0.818. The van der Waals surface area contributed by atoms with Crippen molar-refractivity contribution < 1.29 is 14.3 Å². The Bertz CT molecular complexity index is 339. The van der Waals surface area contributed by atoms with E-state index in [1.54, 1.807) is 16.8 Å². The van der Waals surface area contributed by atoms with Crippen LogP contribution in [0.3, 0.4) is 0 Å². The molecule has 1 atom stereocenters. The second kappa shape index (κ2) is 6.23. The van der Waals surface area contributed by atoms with Crippen LogP contribution in [0.2, 0.25) is 0 Å². The van der Waals surface area contributed by atoms with Crippen molar-refractivity contribution in [1.29, 1.82) is 0 Å². The molecule has 0 unspecified atom stereocenters. The third-order valence-corrected chi connectivity index (χ3v) is 3.05. The first-order chi connectivity index (χ1) is 8.73. The lowest BCUT2D eigenvalue weighted by atomic mass is 10.1. The molecule has 1 fully saturated rings. The average molecular weight is 271 g/mol. The topological polar surface area (TPSA) is 75.9 Å². The van der Waals surface area contributed by atoms with E-state index >= 15 is 0 Å². The second-order valence-corrected chi connectivity index (χ2v) is 6.06. The second-order valence-electron chi connectivity index (χ2n) is 6.06. The van der Waals surface area contributed by atoms with Crippen LogP contribution in [-0.2, 0) is 9.53 Å². The van der Waals surface area contributed by atoms with Gasteiger partial charge in [0.2, 0.25) is 5.91 Å². The summed E-state index contributed by atoms with van der Waals surface area (Å²) in [5.41, 5.74) is 4.86. The van der Waals surface area contributed by atoms with Gasteiger partial charge in [-0.2, -0.15) is 0 Å². The van der Waals surface area contributed by atoms with Crippen LogP contribution in [0.15, 0.2) is 0 Å². The van der Waals surface area contributed by atoms with Crippen LogP contribution in [0.25, 0.3) is 0 Å². The SMILES string of the molecule is CN(C[C@@H]1CCN(C(=O)CN)C1)C(=O)OC(C)(C)C. The van der Waals surface area contributed by atoms with Gasteiger partial charge >= 0.3 is 6.09 Å². The Hall–Kier alpha value is -1.30. The van der Waals surface area contributed by atoms with Crippen LogP contribution in [0.5, 0.6) is 0 Å². The number of amides is 2. The van der Waals surface area contributed by atoms with E-state index in [-0.39, 0.29) is 18.5 Å². The highest BCUT2D eigenvalue weighted by atomic mass is 16.6. The van der Waals surface area contributed by atoms with Crippen LogP contribution < -0.4 is 5.73 Å². The van der Waals surface area contributed by atoms with E-state index in [9.17, 15) is 9.59 Å². The van der Waals surface area contributed by atoms with Gasteiger partial charge in [0.05, 0.1) is 6.54 Å². The lowest BCUT2D eigenvalue weighted by Gasteiger charge is -2.26. The zero-order chi connectivity index (χ0) is 14.6. The molecule has 0 aliphatic carbocycles. The molecule has 110 valence electrons. The minimum absolute atomic E-state index is 0.0255. The van der Waals surface area contributed by atoms with Gasteiger partial charge in [-0.1, -0.05) is 0 Å². The van der Waals surface area contributed by atoms with Crippen molar-refractivity contribution in [3.63, 3.8) is 0 Å². The number of hydrogen-bond acceptors (Lipinski definition) is 4. The van der Waals surface area contributed by atoms with Gasteiger partial charge in [0, 0.05) is 26.7 Å². The number of rotatable bonds is 3. The van der Waals surface area contributed by atoms with Crippen LogP contribution in [0.4, 0.5) is 4.79 Å². The third-order valence-electron chi connectivity index (χ3n) is 3.05. The first-order valence-electron chi connectivity index (χ1n) is 6.65. The molecule has 6 nitrogen and oxygen atoms in total. The summed E-state index contributed by atoms with van der Waals surface area (Å²) in [6, 6.07) is 0. The summed E-state index contributed by atoms with van der Waals surface area (Å²) in [4.78, 5) is 26.6. The molecule has 1 aliphatic rings. The van der Waals surface area contributed by atoms with Crippen molar-refractivity contribution in [3.05, 3.63) is 0 Å². The minimum atomic E-state index is -0.484. The fourth-order valence-electron chi connectivity index (χ4n) is 2.14. The van der Waals surface area contributed by atoms with E-state index < -0.39 is 5.60 Å². The molecular formula is C13H25N3O3. The van der Waals surface area contributed by atoms with Crippen LogP contribution in [-0.4, -0.2) is 60.6 Å². The molecule has 1 heterocycles. The first kappa shape index (κ1) is 15.8. The average Bonchev–Trinajstić information content (AvgIpc) is 2.74. The molecular weight excluding hydrogens is 246 g/mol. The zero-order valence-electron chi connectivity index (χ0n) is 12.3. The molecule has 19 heavy (non-hydrogen) atoms. The van der Waals surface area contributed by atoms with E-state index in [0.717, 1.165) is 13.0 Å². The third kappa shape index (κ3) is 5.06. The molecule has 1 rings (SSSR count). The zero-order valence-corrected chi connectivity index (χ0v) is 12.3. The Kier molecular flexibility index (Phi) is 5.17. The monoisotopic (exact) mass is 271 g/mol. The molecule has 0 radical (unpaired) electrons. The molecule has 0 aromatic heterocycles. The van der Waals surface area contributed by atoms with Crippen LogP contribution in [0.1, 0.15) is 27.2 Å². The minimum Gasteiger partial charge on any atom is -0.444 e. The van der Waals surface area contributed by atoms with Crippen molar-refractivity contribution in [2.24, 2.45) is 11.7 Å². The van der Waals surface area contributed by atoms with Gasteiger partial charge in [-0.3, -0.25) is 4.79 Å². The molecule has 1 saturated heterocycles. The van der Waals surface area contributed by atoms with Crippen LogP contribution >= 0.6 is 0 Å². The van der Waals surface area contributed by atoms with Crippen molar-refractivity contribution in [3.8, 4) is 0 Å². The normalized spacial score (nSPS) is 19.4. The fraction of sp³-hybridized carbons (Fsp3) is 0.846. The Morgan fingerprint density at radius 3 is 2.58 bits per heavy atom. The van der Waals surface area contributed by atoms with Gasteiger partial charge in [-0.15, -0.1) is 0 Å². The van der Waals surface area contributed by atoms with Crippen molar-refractivity contribution in [1.82, 2.24) is 9.80 Å². The number of ether oxygens (including phenoxy) is 1. The van der Waals surface area contributed by atoms with E-state index in [2.05, 4.69) is 0 Å². The van der Waals surface area contributed by atoms with E-state index in [1.165, 1.54) is 0 Å². The molecule has 0 aromatic carbocycles. The van der Waals surface area contributed by atoms with Gasteiger partial charge in [-0.25, -0.2) is 4.79 Å². The largest absolute Gasteiger partial charge is 0.444 e. The number of likely N-dealkylation sites (tertiary alicyclic amines) is 1. The van der Waals surface area contributed by atoms with E-state index in [1.807, 2.05) is 20.8 Å². The number of nitrogens with two attached hydrogens (primary N) is 1. The van der Waals surface area contributed by atoms with Gasteiger partial charge in [0.1, 0.15) is 5.60 Å². The Morgan fingerprint density at radius 1 is 1.42 bits per heavy atom. The molecule has 2 amide bonds. The van der Waals surface area contributed by atoms with Gasteiger partial charge in [0.25, 0.3) is 0 Å². The number of hydrogen-bond donors (Lipinski definition) is 1. The number of carbonyl (C=O) groups excluding carboxylic acids is 2. The smallest absolute Gasteiger partial charge is 0.410 e. The molecule has 6 heteroatoms. The van der Waals surface area contributed by atoms with Gasteiger partial charge in [-0.05, 0) is 33.1 Å². The summed E-state index contributed by atoms with van der Waals surface area (Å²) >= 11 is 0. The number of nitrogens with zero attached hydrogens (tertiary/aromatic N) is 2. The maximum absolute atomic E-state index is 11.8. The van der Waals surface area contributed by atoms with Crippen molar-refractivity contribution in [2.45, 2.75) is 32.8 Å².